The maximum absolute atomic E-state index is 13.0. The Bertz CT molecular complexity index is 1580. The van der Waals surface area contributed by atoms with Crippen molar-refractivity contribution in [1.29, 1.82) is 0 Å². The minimum atomic E-state index is -3.77. The van der Waals surface area contributed by atoms with E-state index in [0.29, 0.717) is 55.3 Å². The minimum absolute atomic E-state index is 0.129. The number of hydrogen-bond donors (Lipinski definition) is 0. The molecule has 0 bridgehead atoms. The summed E-state index contributed by atoms with van der Waals surface area (Å²) < 4.78 is 38.6. The fourth-order valence-corrected chi connectivity index (χ4v) is 5.25. The van der Waals surface area contributed by atoms with Gasteiger partial charge in [-0.15, -0.1) is 5.11 Å². The Morgan fingerprint density at radius 1 is 1.00 bits per heavy atom. The Kier molecular flexibility index (Phi) is 9.02. The summed E-state index contributed by atoms with van der Waals surface area (Å²) >= 11 is 5.96. The Hall–Kier alpha value is -4.13. The molecule has 4 aromatic rings. The first kappa shape index (κ1) is 28.4. The van der Waals surface area contributed by atoms with Crippen molar-refractivity contribution in [3.63, 3.8) is 0 Å². The molecule has 0 atom stereocenters. The van der Waals surface area contributed by atoms with E-state index in [1.165, 1.54) is 19.2 Å². The fourth-order valence-electron chi connectivity index (χ4n) is 3.98. The molecular formula is C28H28ClN7O4S. The van der Waals surface area contributed by atoms with Gasteiger partial charge in [0.05, 0.1) is 24.7 Å². The third kappa shape index (κ3) is 7.34. The van der Waals surface area contributed by atoms with Crippen LogP contribution in [0.3, 0.4) is 0 Å². The lowest BCUT2D eigenvalue weighted by Gasteiger charge is -2.27. The molecule has 1 aliphatic rings. The van der Waals surface area contributed by atoms with Gasteiger partial charge >= 0.3 is 6.01 Å². The molecule has 3 heterocycles. The summed E-state index contributed by atoms with van der Waals surface area (Å²) in [7, 11) is -2.30. The van der Waals surface area contributed by atoms with Crippen LogP contribution in [0.4, 0.5) is 17.5 Å². The molecule has 1 aliphatic heterocycles. The number of rotatable bonds is 10. The minimum Gasteiger partial charge on any atom is -0.458 e. The van der Waals surface area contributed by atoms with Crippen LogP contribution < -0.4 is 13.9 Å². The second-order valence-electron chi connectivity index (χ2n) is 9.09. The summed E-state index contributed by atoms with van der Waals surface area (Å²) in [6.45, 7) is 3.05. The molecule has 41 heavy (non-hydrogen) atoms. The Morgan fingerprint density at radius 3 is 2.44 bits per heavy atom. The molecule has 0 aliphatic carbocycles. The van der Waals surface area contributed by atoms with Gasteiger partial charge in [0.15, 0.2) is 5.82 Å². The van der Waals surface area contributed by atoms with Crippen LogP contribution in [0, 0.1) is 0 Å². The van der Waals surface area contributed by atoms with Gasteiger partial charge in [0, 0.05) is 37.4 Å². The zero-order chi connectivity index (χ0) is 28.7. The number of benzene rings is 2. The number of azo groups is 1. The third-order valence-corrected chi connectivity index (χ3v) is 8.30. The van der Waals surface area contributed by atoms with Crippen LogP contribution in [0.15, 0.2) is 94.1 Å². The summed E-state index contributed by atoms with van der Waals surface area (Å²) in [5.41, 5.74) is 1.71. The van der Waals surface area contributed by atoms with Crippen LogP contribution in [-0.4, -0.2) is 56.7 Å². The smallest absolute Gasteiger partial charge is 0.320 e. The van der Waals surface area contributed by atoms with Crippen molar-refractivity contribution in [2.24, 2.45) is 10.2 Å². The summed E-state index contributed by atoms with van der Waals surface area (Å²) in [6, 6.07) is 20.9. The highest BCUT2D eigenvalue weighted by Crippen LogP contribution is 2.24. The molecule has 13 heteroatoms. The molecule has 0 spiro atoms. The van der Waals surface area contributed by atoms with Crippen LogP contribution >= 0.6 is 11.6 Å². The third-order valence-electron chi connectivity index (χ3n) is 6.27. The van der Waals surface area contributed by atoms with Gasteiger partial charge in [-0.05, 0) is 47.5 Å². The van der Waals surface area contributed by atoms with E-state index in [-0.39, 0.29) is 17.5 Å². The number of hydrogen-bond acceptors (Lipinski definition) is 10. The lowest BCUT2D eigenvalue weighted by molar-refractivity contribution is 0.122. The van der Waals surface area contributed by atoms with Gasteiger partial charge in [0.1, 0.15) is 18.2 Å². The Labute approximate surface area is 243 Å². The van der Waals surface area contributed by atoms with Crippen LogP contribution in [-0.2, 0) is 27.9 Å². The van der Waals surface area contributed by atoms with Gasteiger partial charge in [0.2, 0.25) is 0 Å². The molecule has 1 saturated heterocycles. The molecule has 0 unspecified atom stereocenters. The monoisotopic (exact) mass is 593 g/mol. The van der Waals surface area contributed by atoms with Crippen molar-refractivity contribution in [2.45, 2.75) is 18.0 Å². The van der Waals surface area contributed by atoms with Crippen LogP contribution in [0.2, 0.25) is 5.02 Å². The van der Waals surface area contributed by atoms with E-state index in [4.69, 9.17) is 21.1 Å². The number of ether oxygens (including phenoxy) is 2. The topological polar surface area (TPSA) is 122 Å². The van der Waals surface area contributed by atoms with E-state index in [2.05, 4.69) is 30.1 Å². The molecule has 212 valence electrons. The van der Waals surface area contributed by atoms with Crippen LogP contribution in [0.1, 0.15) is 11.1 Å². The van der Waals surface area contributed by atoms with E-state index in [9.17, 15) is 8.42 Å². The summed E-state index contributed by atoms with van der Waals surface area (Å²) in [5, 5.41) is 9.24. The molecular weight excluding hydrogens is 566 g/mol. The molecule has 2 aromatic carbocycles. The van der Waals surface area contributed by atoms with Gasteiger partial charge in [-0.25, -0.2) is 13.4 Å². The van der Waals surface area contributed by atoms with Crippen molar-refractivity contribution in [3.8, 4) is 6.01 Å². The number of nitrogens with zero attached hydrogens (tertiary/aromatic N) is 7. The second-order valence-corrected chi connectivity index (χ2v) is 11.5. The van der Waals surface area contributed by atoms with Crippen molar-refractivity contribution >= 4 is 39.1 Å². The Balaban J connectivity index is 1.29. The summed E-state index contributed by atoms with van der Waals surface area (Å²) in [4.78, 5) is 15.3. The van der Waals surface area contributed by atoms with Crippen LogP contribution in [0.5, 0.6) is 6.01 Å². The Morgan fingerprint density at radius 2 is 1.73 bits per heavy atom. The summed E-state index contributed by atoms with van der Waals surface area (Å²) in [6.07, 6.45) is 1.55. The number of aromatic nitrogens is 3. The van der Waals surface area contributed by atoms with E-state index in [1.54, 1.807) is 54.7 Å². The zero-order valence-corrected chi connectivity index (χ0v) is 23.9. The van der Waals surface area contributed by atoms with Gasteiger partial charge in [0.25, 0.3) is 10.0 Å². The maximum atomic E-state index is 13.0. The van der Waals surface area contributed by atoms with Gasteiger partial charge in [-0.3, -0.25) is 4.31 Å². The predicted octanol–water partition coefficient (Wildman–Crippen LogP) is 5.05. The standard InChI is InChI=1S/C28H28ClN7O4S/c1-35(26-4-2-3-13-30-26)41(37,38)24-11-7-22(8-12-24)20-40-28-32-25(18-27(33-28)36-14-16-39-17-15-36)34-31-19-21-5-9-23(29)10-6-21/h2-13,18H,14-17,19-20H2,1H3. The summed E-state index contributed by atoms with van der Waals surface area (Å²) in [5.74, 6) is 1.36. The van der Waals surface area contributed by atoms with E-state index < -0.39 is 10.0 Å². The first-order valence-corrected chi connectivity index (χ1v) is 14.7. The molecule has 11 nitrogen and oxygen atoms in total. The van der Waals surface area contributed by atoms with Gasteiger partial charge in [-0.2, -0.15) is 15.1 Å². The van der Waals surface area contributed by atoms with Gasteiger partial charge < -0.3 is 14.4 Å². The first-order chi connectivity index (χ1) is 19.9. The SMILES string of the molecule is CN(c1ccccn1)S(=O)(=O)c1ccc(COc2nc(N=NCc3ccc(Cl)cc3)cc(N3CCOCC3)n2)cc1. The maximum Gasteiger partial charge on any atom is 0.320 e. The number of morpholine rings is 1. The molecule has 0 saturated carbocycles. The molecule has 5 rings (SSSR count). The highest BCUT2D eigenvalue weighted by Gasteiger charge is 2.22. The highest BCUT2D eigenvalue weighted by atomic mass is 35.5. The number of sulfonamides is 1. The van der Waals surface area contributed by atoms with E-state index >= 15 is 0 Å². The number of anilines is 2. The van der Waals surface area contributed by atoms with Gasteiger partial charge in [-0.1, -0.05) is 41.9 Å². The molecule has 0 N–H and O–H groups in total. The normalized spacial score (nSPS) is 13.9. The molecule has 2 aromatic heterocycles. The first-order valence-electron chi connectivity index (χ1n) is 12.8. The lowest BCUT2D eigenvalue weighted by atomic mass is 10.2. The van der Waals surface area contributed by atoms with Crippen molar-refractivity contribution in [2.75, 3.05) is 42.6 Å². The van der Waals surface area contributed by atoms with Crippen molar-refractivity contribution in [1.82, 2.24) is 15.0 Å². The second kappa shape index (κ2) is 13.0. The molecule has 0 amide bonds. The van der Waals surface area contributed by atoms with Crippen molar-refractivity contribution < 1.29 is 17.9 Å². The van der Waals surface area contributed by atoms with E-state index in [1.807, 2.05) is 12.1 Å². The predicted molar refractivity (Wildman–Crippen MR) is 155 cm³/mol. The average molecular weight is 594 g/mol. The molecule has 1 fully saturated rings. The largest absolute Gasteiger partial charge is 0.458 e. The van der Waals surface area contributed by atoms with Crippen LogP contribution in [0.25, 0.3) is 0 Å². The van der Waals surface area contributed by atoms with E-state index in [0.717, 1.165) is 15.4 Å². The molecule has 0 radical (unpaired) electrons. The lowest BCUT2D eigenvalue weighted by Crippen LogP contribution is -2.36. The fraction of sp³-hybridized carbons (Fsp3) is 0.250. The average Bonchev–Trinajstić information content (AvgIpc) is 3.01. The van der Waals surface area contributed by atoms with Crippen molar-refractivity contribution in [3.05, 3.63) is 95.1 Å². The number of halogens is 1. The number of pyridine rings is 1. The highest BCUT2D eigenvalue weighted by molar-refractivity contribution is 7.92. The zero-order valence-electron chi connectivity index (χ0n) is 22.3. The quantitative estimate of drug-likeness (QED) is 0.234.